The molecule has 2 aromatic carbocycles. The second kappa shape index (κ2) is 15.1. The van der Waals surface area contributed by atoms with Gasteiger partial charge in [-0.2, -0.15) is 0 Å². The number of nitrogens with one attached hydrogen (secondary N) is 1. The van der Waals surface area contributed by atoms with Gasteiger partial charge in [0.15, 0.2) is 0 Å². The number of esters is 2. The van der Waals surface area contributed by atoms with E-state index in [0.717, 1.165) is 11.1 Å². The molecule has 0 saturated carbocycles. The van der Waals surface area contributed by atoms with Gasteiger partial charge in [0, 0.05) is 24.0 Å². The van der Waals surface area contributed by atoms with Crippen molar-refractivity contribution in [1.29, 1.82) is 0 Å². The number of hydrogen-bond donors (Lipinski definition) is 1. The van der Waals surface area contributed by atoms with Crippen LogP contribution in [0.4, 0.5) is 4.79 Å². The van der Waals surface area contributed by atoms with Gasteiger partial charge >= 0.3 is 18.0 Å². The van der Waals surface area contributed by atoms with Crippen LogP contribution < -0.4 is 5.32 Å². The van der Waals surface area contributed by atoms with Gasteiger partial charge in [-0.05, 0) is 54.4 Å². The topological polar surface area (TPSA) is 120 Å². The molecule has 0 fully saturated rings. The number of rotatable bonds is 12. The van der Waals surface area contributed by atoms with Crippen LogP contribution in [0.15, 0.2) is 65.7 Å². The van der Waals surface area contributed by atoms with Crippen molar-refractivity contribution in [2.45, 2.75) is 90.5 Å². The Morgan fingerprint density at radius 3 is 1.68 bits per heavy atom. The average molecular weight is 567 g/mol. The number of Topliss-reactive ketones (excluding diaryl/α,β-unsaturated/α-hetero) is 1. The Morgan fingerprint density at radius 1 is 0.732 bits per heavy atom. The van der Waals surface area contributed by atoms with Crippen LogP contribution in [0.3, 0.4) is 0 Å². The Kier molecular flexibility index (Phi) is 12.2. The van der Waals surface area contributed by atoms with Crippen LogP contribution in [0.2, 0.25) is 0 Å². The fourth-order valence-corrected chi connectivity index (χ4v) is 3.84. The highest BCUT2D eigenvalue weighted by Gasteiger charge is 2.28. The van der Waals surface area contributed by atoms with Crippen molar-refractivity contribution in [2.75, 3.05) is 7.11 Å². The molecule has 9 nitrogen and oxygen atoms in total. The van der Waals surface area contributed by atoms with Gasteiger partial charge in [-0.15, -0.1) is 0 Å². The standard InChI is InChI=1S/C32H42N2O7/c1-31(2,3)40-29(37)26(33-27(22-14-10-8-11-15-22)23-16-12-9-13-17-23)21-19-24(35)18-20-25(28(36)39-7)34-30(38)41-32(4,5)6/h8-17,25-26H,18-21H2,1-7H3,(H,34,38). The molecule has 2 unspecified atom stereocenters. The summed E-state index contributed by atoms with van der Waals surface area (Å²) in [6.45, 7) is 10.4. The molecule has 41 heavy (non-hydrogen) atoms. The maximum atomic E-state index is 13.2. The molecular formula is C32H42N2O7. The Hall–Kier alpha value is -4.01. The summed E-state index contributed by atoms with van der Waals surface area (Å²) < 4.78 is 15.6. The van der Waals surface area contributed by atoms with Gasteiger partial charge in [0.05, 0.1) is 12.8 Å². The summed E-state index contributed by atoms with van der Waals surface area (Å²) in [6, 6.07) is 17.0. The molecule has 0 radical (unpaired) electrons. The Balaban J connectivity index is 2.22. The van der Waals surface area contributed by atoms with Gasteiger partial charge in [-0.1, -0.05) is 60.7 Å². The van der Waals surface area contributed by atoms with E-state index < -0.39 is 41.3 Å². The van der Waals surface area contributed by atoms with Gasteiger partial charge in [0.2, 0.25) is 0 Å². The predicted octanol–water partition coefficient (Wildman–Crippen LogP) is 5.43. The fourth-order valence-electron chi connectivity index (χ4n) is 3.84. The highest BCUT2D eigenvalue weighted by atomic mass is 16.6. The summed E-state index contributed by atoms with van der Waals surface area (Å²) in [7, 11) is 1.20. The minimum absolute atomic E-state index is 0.0183. The summed E-state index contributed by atoms with van der Waals surface area (Å²) >= 11 is 0. The Labute approximate surface area is 242 Å². The average Bonchev–Trinajstić information content (AvgIpc) is 2.89. The maximum absolute atomic E-state index is 13.2. The van der Waals surface area contributed by atoms with Crippen LogP contribution in [0.25, 0.3) is 0 Å². The van der Waals surface area contributed by atoms with Crippen LogP contribution in [0.1, 0.15) is 78.4 Å². The molecule has 1 N–H and O–H groups in total. The molecule has 9 heteroatoms. The molecule has 222 valence electrons. The molecule has 0 aromatic heterocycles. The molecule has 0 saturated heterocycles. The number of nitrogens with zero attached hydrogens (tertiary/aromatic N) is 1. The number of ketones is 1. The third kappa shape index (κ3) is 12.4. The van der Waals surface area contributed by atoms with E-state index in [4.69, 9.17) is 19.2 Å². The highest BCUT2D eigenvalue weighted by Crippen LogP contribution is 2.19. The van der Waals surface area contributed by atoms with E-state index in [1.54, 1.807) is 41.5 Å². The second-order valence-corrected chi connectivity index (χ2v) is 11.6. The molecular weight excluding hydrogens is 524 g/mol. The summed E-state index contributed by atoms with van der Waals surface area (Å²) in [5, 5.41) is 2.47. The number of carbonyl (C=O) groups excluding carboxylic acids is 4. The first-order valence-corrected chi connectivity index (χ1v) is 13.7. The third-order valence-corrected chi connectivity index (χ3v) is 5.64. The van der Waals surface area contributed by atoms with E-state index >= 15 is 0 Å². The van der Waals surface area contributed by atoms with Crippen LogP contribution in [0.5, 0.6) is 0 Å². The normalized spacial score (nSPS) is 12.9. The molecule has 2 aromatic rings. The van der Waals surface area contributed by atoms with E-state index in [1.807, 2.05) is 60.7 Å². The third-order valence-electron chi connectivity index (χ3n) is 5.64. The van der Waals surface area contributed by atoms with Gasteiger partial charge in [0.25, 0.3) is 0 Å². The van der Waals surface area contributed by atoms with Crippen molar-refractivity contribution in [3.05, 3.63) is 71.8 Å². The van der Waals surface area contributed by atoms with Crippen molar-refractivity contribution in [2.24, 2.45) is 4.99 Å². The van der Waals surface area contributed by atoms with E-state index in [2.05, 4.69) is 5.32 Å². The molecule has 0 aliphatic rings. The van der Waals surface area contributed by atoms with Gasteiger partial charge in [-0.3, -0.25) is 9.79 Å². The zero-order valence-corrected chi connectivity index (χ0v) is 25.1. The molecule has 2 atom stereocenters. The Bertz CT molecular complexity index is 1150. The number of aliphatic imine (C=N–C) groups is 1. The molecule has 0 spiro atoms. The fraction of sp³-hybridized carbons (Fsp3) is 0.469. The summed E-state index contributed by atoms with van der Waals surface area (Å²) in [5.41, 5.74) is 0.772. The maximum Gasteiger partial charge on any atom is 0.408 e. The SMILES string of the molecule is COC(=O)C(CCC(=O)CCC(N=C(c1ccccc1)c1ccccc1)C(=O)OC(C)(C)C)NC(=O)OC(C)(C)C. The Morgan fingerprint density at radius 2 is 1.22 bits per heavy atom. The predicted molar refractivity (Wildman–Crippen MR) is 157 cm³/mol. The summed E-state index contributed by atoms with van der Waals surface area (Å²) in [5.74, 6) is -1.42. The lowest BCUT2D eigenvalue weighted by atomic mass is 10.00. The first kappa shape index (κ1) is 33.2. The number of benzene rings is 2. The van der Waals surface area contributed by atoms with Crippen molar-refractivity contribution in [1.82, 2.24) is 5.32 Å². The number of alkyl carbamates (subject to hydrolysis) is 1. The van der Waals surface area contributed by atoms with Crippen molar-refractivity contribution in [3.8, 4) is 0 Å². The zero-order chi connectivity index (χ0) is 30.6. The number of carbonyl (C=O) groups is 4. The van der Waals surface area contributed by atoms with E-state index in [9.17, 15) is 19.2 Å². The monoisotopic (exact) mass is 566 g/mol. The molecule has 0 aliphatic carbocycles. The highest BCUT2D eigenvalue weighted by molar-refractivity contribution is 6.13. The number of amides is 1. The van der Waals surface area contributed by atoms with Crippen molar-refractivity contribution in [3.63, 3.8) is 0 Å². The molecule has 0 aliphatic heterocycles. The quantitative estimate of drug-likeness (QED) is 0.207. The lowest BCUT2D eigenvalue weighted by molar-refractivity contribution is -0.156. The molecule has 2 rings (SSSR count). The number of methoxy groups -OCH3 is 1. The zero-order valence-electron chi connectivity index (χ0n) is 25.1. The number of ether oxygens (including phenoxy) is 3. The second-order valence-electron chi connectivity index (χ2n) is 11.6. The molecule has 0 heterocycles. The van der Waals surface area contributed by atoms with Gasteiger partial charge in [0.1, 0.15) is 29.1 Å². The van der Waals surface area contributed by atoms with Crippen LogP contribution in [0, 0.1) is 0 Å². The molecule has 0 bridgehead atoms. The molecule has 1 amide bonds. The van der Waals surface area contributed by atoms with Crippen LogP contribution in [-0.4, -0.2) is 59.9 Å². The van der Waals surface area contributed by atoms with Crippen molar-refractivity contribution < 1.29 is 33.4 Å². The van der Waals surface area contributed by atoms with E-state index in [0.29, 0.717) is 5.71 Å². The van der Waals surface area contributed by atoms with Gasteiger partial charge in [-0.25, -0.2) is 14.4 Å². The smallest absolute Gasteiger partial charge is 0.408 e. The lowest BCUT2D eigenvalue weighted by Crippen LogP contribution is -2.44. The summed E-state index contributed by atoms with van der Waals surface area (Å²) in [6.07, 6.45) is -0.659. The first-order chi connectivity index (χ1) is 19.2. The van der Waals surface area contributed by atoms with Gasteiger partial charge < -0.3 is 19.5 Å². The number of hydrogen-bond acceptors (Lipinski definition) is 8. The van der Waals surface area contributed by atoms with E-state index in [-0.39, 0.29) is 31.5 Å². The first-order valence-electron chi connectivity index (χ1n) is 13.7. The lowest BCUT2D eigenvalue weighted by Gasteiger charge is -2.23. The van der Waals surface area contributed by atoms with Crippen molar-refractivity contribution >= 4 is 29.5 Å². The summed E-state index contributed by atoms with van der Waals surface area (Å²) in [4.78, 5) is 55.4. The van der Waals surface area contributed by atoms with E-state index in [1.165, 1.54) is 7.11 Å². The van der Waals surface area contributed by atoms with Crippen LogP contribution >= 0.6 is 0 Å². The minimum Gasteiger partial charge on any atom is -0.467 e. The largest absolute Gasteiger partial charge is 0.467 e. The van der Waals surface area contributed by atoms with Crippen LogP contribution in [-0.2, 0) is 28.6 Å². The minimum atomic E-state index is -1.05.